The number of anilines is 1. The molecular formula is C12H15N3O2. The first-order valence-corrected chi connectivity index (χ1v) is 5.62. The average Bonchev–Trinajstić information content (AvgIpc) is 2.77. The Morgan fingerprint density at radius 3 is 2.94 bits per heavy atom. The van der Waals surface area contributed by atoms with Crippen molar-refractivity contribution in [1.82, 2.24) is 10.2 Å². The van der Waals surface area contributed by atoms with Crippen molar-refractivity contribution >= 4 is 6.01 Å². The molecule has 0 unspecified atom stereocenters. The highest BCUT2D eigenvalue weighted by atomic mass is 16.5. The summed E-state index contributed by atoms with van der Waals surface area (Å²) in [5, 5.41) is 7.44. The Morgan fingerprint density at radius 2 is 2.24 bits per heavy atom. The maximum atomic E-state index is 5.59. The van der Waals surface area contributed by atoms with Crippen LogP contribution in [0.15, 0.2) is 28.7 Å². The minimum absolute atomic E-state index is 0.0669. The summed E-state index contributed by atoms with van der Waals surface area (Å²) in [6.45, 7) is 2.84. The molecule has 1 heterocycles. The normalized spacial score (nSPS) is 10.4. The summed E-state index contributed by atoms with van der Waals surface area (Å²) in [6.07, 6.45) is 2.15. The van der Waals surface area contributed by atoms with Gasteiger partial charge in [-0.1, -0.05) is 24.5 Å². The van der Waals surface area contributed by atoms with Crippen LogP contribution in [0.2, 0.25) is 0 Å². The van der Waals surface area contributed by atoms with E-state index in [9.17, 15) is 0 Å². The molecule has 90 valence electrons. The van der Waals surface area contributed by atoms with Gasteiger partial charge in [0.15, 0.2) is 0 Å². The van der Waals surface area contributed by atoms with Crippen molar-refractivity contribution in [1.29, 1.82) is 0 Å². The Morgan fingerprint density at radius 1 is 1.35 bits per heavy atom. The topological polar surface area (TPSA) is 74.2 Å². The van der Waals surface area contributed by atoms with Gasteiger partial charge in [-0.25, -0.2) is 0 Å². The van der Waals surface area contributed by atoms with Gasteiger partial charge in [-0.05, 0) is 24.6 Å². The van der Waals surface area contributed by atoms with E-state index >= 15 is 0 Å². The van der Waals surface area contributed by atoms with Gasteiger partial charge < -0.3 is 14.9 Å². The highest BCUT2D eigenvalue weighted by Gasteiger charge is 2.06. The van der Waals surface area contributed by atoms with Crippen molar-refractivity contribution in [3.05, 3.63) is 24.3 Å². The third-order valence-corrected chi connectivity index (χ3v) is 2.29. The second-order valence-corrected chi connectivity index (χ2v) is 3.68. The summed E-state index contributed by atoms with van der Waals surface area (Å²) < 4.78 is 10.7. The van der Waals surface area contributed by atoms with Gasteiger partial charge in [0.2, 0.25) is 5.89 Å². The zero-order valence-corrected chi connectivity index (χ0v) is 9.72. The van der Waals surface area contributed by atoms with E-state index in [1.54, 1.807) is 0 Å². The van der Waals surface area contributed by atoms with Crippen molar-refractivity contribution in [2.45, 2.75) is 19.8 Å². The molecule has 0 saturated heterocycles. The van der Waals surface area contributed by atoms with Crippen molar-refractivity contribution in [3.63, 3.8) is 0 Å². The molecule has 0 fully saturated rings. The summed E-state index contributed by atoms with van der Waals surface area (Å²) in [4.78, 5) is 0. The van der Waals surface area contributed by atoms with Gasteiger partial charge in [0.25, 0.3) is 0 Å². The van der Waals surface area contributed by atoms with Crippen LogP contribution in [0.4, 0.5) is 6.01 Å². The summed E-state index contributed by atoms with van der Waals surface area (Å²) in [5.41, 5.74) is 6.19. The number of nitrogens with two attached hydrogens (primary N) is 1. The third kappa shape index (κ3) is 2.96. The fourth-order valence-corrected chi connectivity index (χ4v) is 1.40. The van der Waals surface area contributed by atoms with Crippen LogP contribution >= 0.6 is 0 Å². The molecule has 0 spiro atoms. The van der Waals surface area contributed by atoms with Crippen LogP contribution in [0.1, 0.15) is 19.8 Å². The van der Waals surface area contributed by atoms with Gasteiger partial charge in [-0.15, -0.1) is 5.10 Å². The molecule has 0 bridgehead atoms. The van der Waals surface area contributed by atoms with E-state index in [0.29, 0.717) is 12.5 Å². The summed E-state index contributed by atoms with van der Waals surface area (Å²) in [5.74, 6) is 1.20. The van der Waals surface area contributed by atoms with Crippen LogP contribution in [0.3, 0.4) is 0 Å². The van der Waals surface area contributed by atoms with Crippen LogP contribution < -0.4 is 10.5 Å². The Hall–Kier alpha value is -2.04. The molecule has 0 aliphatic rings. The van der Waals surface area contributed by atoms with Gasteiger partial charge in [0.1, 0.15) is 5.75 Å². The van der Waals surface area contributed by atoms with Gasteiger partial charge in [-0.3, -0.25) is 0 Å². The van der Waals surface area contributed by atoms with E-state index < -0.39 is 0 Å². The number of rotatable bonds is 5. The largest absolute Gasteiger partial charge is 0.494 e. The van der Waals surface area contributed by atoms with Crippen molar-refractivity contribution < 1.29 is 9.15 Å². The number of benzene rings is 1. The predicted octanol–water partition coefficient (Wildman–Crippen LogP) is 2.50. The maximum Gasteiger partial charge on any atom is 0.313 e. The van der Waals surface area contributed by atoms with Gasteiger partial charge in [-0.2, -0.15) is 0 Å². The monoisotopic (exact) mass is 233 g/mol. The lowest BCUT2D eigenvalue weighted by Crippen LogP contribution is -1.96. The van der Waals surface area contributed by atoms with E-state index in [4.69, 9.17) is 14.9 Å². The molecule has 1 aromatic carbocycles. The average molecular weight is 233 g/mol. The quantitative estimate of drug-likeness (QED) is 0.803. The lowest BCUT2D eigenvalue weighted by atomic mass is 10.2. The highest BCUT2D eigenvalue weighted by Crippen LogP contribution is 2.23. The van der Waals surface area contributed by atoms with E-state index in [1.165, 1.54) is 0 Å². The molecule has 17 heavy (non-hydrogen) atoms. The van der Waals surface area contributed by atoms with E-state index in [0.717, 1.165) is 24.2 Å². The lowest BCUT2D eigenvalue weighted by molar-refractivity contribution is 0.309. The van der Waals surface area contributed by atoms with Crippen molar-refractivity contribution in [2.24, 2.45) is 0 Å². The van der Waals surface area contributed by atoms with Crippen LogP contribution in [0, 0.1) is 0 Å². The second kappa shape index (κ2) is 5.34. The first-order chi connectivity index (χ1) is 8.29. The lowest BCUT2D eigenvalue weighted by Gasteiger charge is -2.05. The third-order valence-electron chi connectivity index (χ3n) is 2.29. The Balaban J connectivity index is 2.11. The number of nitrogen functional groups attached to an aromatic ring is 1. The molecule has 0 aliphatic heterocycles. The highest BCUT2D eigenvalue weighted by molar-refractivity contribution is 5.55. The number of aromatic nitrogens is 2. The molecule has 0 aliphatic carbocycles. The van der Waals surface area contributed by atoms with Crippen molar-refractivity contribution in [3.8, 4) is 17.2 Å². The minimum atomic E-state index is 0.0669. The molecule has 2 rings (SSSR count). The molecule has 5 nitrogen and oxygen atoms in total. The minimum Gasteiger partial charge on any atom is -0.494 e. The van der Waals surface area contributed by atoms with Crippen LogP contribution in [-0.2, 0) is 0 Å². The number of ether oxygens (including phenoxy) is 1. The predicted molar refractivity (Wildman–Crippen MR) is 64.5 cm³/mol. The Labute approximate surface area is 99.6 Å². The van der Waals surface area contributed by atoms with E-state index in [1.807, 2.05) is 24.3 Å². The molecular weight excluding hydrogens is 218 g/mol. The fraction of sp³-hybridized carbons (Fsp3) is 0.333. The molecule has 2 aromatic rings. The first kappa shape index (κ1) is 11.4. The molecule has 2 N–H and O–H groups in total. The standard InChI is InChI=1S/C12H15N3O2/c1-2-3-7-16-10-6-4-5-9(8-10)11-14-15-12(13)17-11/h4-6,8H,2-3,7H2,1H3,(H2,13,15). The zero-order valence-electron chi connectivity index (χ0n) is 9.72. The van der Waals surface area contributed by atoms with Crippen LogP contribution in [0.5, 0.6) is 5.75 Å². The van der Waals surface area contributed by atoms with Crippen molar-refractivity contribution in [2.75, 3.05) is 12.3 Å². The number of nitrogens with zero attached hydrogens (tertiary/aromatic N) is 2. The molecule has 0 radical (unpaired) electrons. The van der Waals surface area contributed by atoms with Gasteiger partial charge in [0, 0.05) is 5.56 Å². The molecule has 0 saturated carbocycles. The number of hydrogen-bond acceptors (Lipinski definition) is 5. The summed E-state index contributed by atoms with van der Waals surface area (Å²) in [7, 11) is 0. The van der Waals surface area contributed by atoms with E-state index in [2.05, 4.69) is 17.1 Å². The zero-order chi connectivity index (χ0) is 12.1. The summed E-state index contributed by atoms with van der Waals surface area (Å²) >= 11 is 0. The van der Waals surface area contributed by atoms with Gasteiger partial charge >= 0.3 is 6.01 Å². The van der Waals surface area contributed by atoms with Crippen LogP contribution in [-0.4, -0.2) is 16.8 Å². The SMILES string of the molecule is CCCCOc1cccc(-c2nnc(N)o2)c1. The first-order valence-electron chi connectivity index (χ1n) is 5.62. The smallest absolute Gasteiger partial charge is 0.313 e. The molecule has 5 heteroatoms. The van der Waals surface area contributed by atoms with Crippen LogP contribution in [0.25, 0.3) is 11.5 Å². The Kier molecular flexibility index (Phi) is 3.59. The maximum absolute atomic E-state index is 5.59. The van der Waals surface area contributed by atoms with Gasteiger partial charge in [0.05, 0.1) is 6.61 Å². The second-order valence-electron chi connectivity index (χ2n) is 3.68. The Bertz CT molecular complexity index is 482. The molecule has 0 atom stereocenters. The van der Waals surface area contributed by atoms with E-state index in [-0.39, 0.29) is 6.01 Å². The summed E-state index contributed by atoms with van der Waals surface area (Å²) in [6, 6.07) is 7.59. The fourth-order valence-electron chi connectivity index (χ4n) is 1.40. The number of hydrogen-bond donors (Lipinski definition) is 1. The molecule has 1 aromatic heterocycles. The number of unbranched alkanes of at least 4 members (excludes halogenated alkanes) is 1. The molecule has 0 amide bonds.